The van der Waals surface area contributed by atoms with Crippen molar-refractivity contribution in [1.29, 1.82) is 0 Å². The van der Waals surface area contributed by atoms with E-state index in [9.17, 15) is 4.79 Å². The first-order valence-electron chi connectivity index (χ1n) is 8.97. The quantitative estimate of drug-likeness (QED) is 0.418. The molecule has 29 heavy (non-hydrogen) atoms. The highest BCUT2D eigenvalue weighted by molar-refractivity contribution is 7.98. The first-order valence-corrected chi connectivity index (χ1v) is 9.95. The summed E-state index contributed by atoms with van der Waals surface area (Å²) in [7, 11) is 1.61. The Bertz CT molecular complexity index is 940. The van der Waals surface area contributed by atoms with E-state index < -0.39 is 0 Å². The number of hydrogen-bond donors (Lipinski definition) is 1. The summed E-state index contributed by atoms with van der Waals surface area (Å²) in [4.78, 5) is 21.3. The molecule has 0 aromatic carbocycles. The van der Waals surface area contributed by atoms with Crippen molar-refractivity contribution in [1.82, 2.24) is 15.1 Å². The van der Waals surface area contributed by atoms with E-state index in [1.165, 1.54) is 11.8 Å². The molecule has 0 radical (unpaired) electrons. The molecule has 8 nitrogen and oxygen atoms in total. The highest BCUT2D eigenvalue weighted by Crippen LogP contribution is 2.27. The number of amides is 1. The average molecular weight is 414 g/mol. The Morgan fingerprint density at radius 3 is 2.76 bits per heavy atom. The van der Waals surface area contributed by atoms with E-state index in [-0.39, 0.29) is 5.91 Å². The third kappa shape index (κ3) is 5.55. The van der Waals surface area contributed by atoms with Gasteiger partial charge in [-0.25, -0.2) is 9.97 Å². The smallest absolute Gasteiger partial charge is 0.258 e. The molecule has 0 aliphatic heterocycles. The number of carbonyl (C=O) groups excluding carboxylic acids is 1. The van der Waals surface area contributed by atoms with E-state index in [4.69, 9.17) is 14.0 Å². The monoisotopic (exact) mass is 414 g/mol. The highest BCUT2D eigenvalue weighted by Gasteiger charge is 2.16. The van der Waals surface area contributed by atoms with Gasteiger partial charge >= 0.3 is 0 Å². The number of carbonyl (C=O) groups is 1. The fourth-order valence-electron chi connectivity index (χ4n) is 2.49. The summed E-state index contributed by atoms with van der Waals surface area (Å²) in [6.07, 6.45) is 3.22. The minimum absolute atomic E-state index is 0.255. The Morgan fingerprint density at radius 1 is 1.21 bits per heavy atom. The van der Waals surface area contributed by atoms with Crippen LogP contribution in [0.1, 0.15) is 27.4 Å². The van der Waals surface area contributed by atoms with Gasteiger partial charge < -0.3 is 19.3 Å². The van der Waals surface area contributed by atoms with Crippen molar-refractivity contribution in [2.75, 3.05) is 25.6 Å². The molecule has 3 heterocycles. The summed E-state index contributed by atoms with van der Waals surface area (Å²) in [6, 6.07) is 6.91. The number of aryl methyl sites for hydroxylation is 2. The number of nitrogens with one attached hydrogen (secondary N) is 1. The van der Waals surface area contributed by atoms with Crippen LogP contribution in [0.2, 0.25) is 0 Å². The number of anilines is 1. The number of ether oxygens (including phenoxy) is 2. The van der Waals surface area contributed by atoms with Crippen LogP contribution in [0.5, 0.6) is 5.88 Å². The summed E-state index contributed by atoms with van der Waals surface area (Å²) in [5.41, 5.74) is 2.92. The van der Waals surface area contributed by atoms with Crippen LogP contribution in [-0.2, 0) is 10.5 Å². The van der Waals surface area contributed by atoms with Gasteiger partial charge in [0.15, 0.2) is 0 Å². The van der Waals surface area contributed by atoms with Crippen LogP contribution in [0, 0.1) is 13.8 Å². The second-order valence-electron chi connectivity index (χ2n) is 6.13. The lowest BCUT2D eigenvalue weighted by molar-refractivity contribution is 0.102. The Balaban J connectivity index is 1.65. The summed E-state index contributed by atoms with van der Waals surface area (Å²) in [5, 5.41) is 7.44. The van der Waals surface area contributed by atoms with Crippen molar-refractivity contribution < 1.29 is 18.8 Å². The Hall–Kier alpha value is -2.91. The lowest BCUT2D eigenvalue weighted by Crippen LogP contribution is -2.14. The summed E-state index contributed by atoms with van der Waals surface area (Å²) in [6.45, 7) is 4.66. The molecule has 0 bridgehead atoms. The average Bonchev–Trinajstić information content (AvgIpc) is 3.05. The van der Waals surface area contributed by atoms with Crippen molar-refractivity contribution in [2.24, 2.45) is 0 Å². The molecule has 0 spiro atoms. The topological polar surface area (TPSA) is 99.4 Å². The predicted molar refractivity (Wildman–Crippen MR) is 109 cm³/mol. The lowest BCUT2D eigenvalue weighted by Gasteiger charge is -2.10. The number of thioether (sulfide) groups is 1. The molecule has 1 N–H and O–H groups in total. The first kappa shape index (κ1) is 20.8. The van der Waals surface area contributed by atoms with Gasteiger partial charge in [-0.3, -0.25) is 4.79 Å². The van der Waals surface area contributed by atoms with E-state index in [2.05, 4.69) is 20.4 Å². The normalized spacial score (nSPS) is 10.7. The molecule has 3 aromatic rings. The molecule has 0 saturated carbocycles. The first-order chi connectivity index (χ1) is 14.1. The summed E-state index contributed by atoms with van der Waals surface area (Å²) < 4.78 is 15.5. The molecule has 3 aromatic heterocycles. The lowest BCUT2D eigenvalue weighted by atomic mass is 10.2. The Morgan fingerprint density at radius 2 is 2.07 bits per heavy atom. The maximum atomic E-state index is 12.8. The molecule has 0 aliphatic carbocycles. The maximum Gasteiger partial charge on any atom is 0.258 e. The molecule has 152 valence electrons. The van der Waals surface area contributed by atoms with Crippen molar-refractivity contribution >= 4 is 23.4 Å². The third-order valence-electron chi connectivity index (χ3n) is 4.08. The van der Waals surface area contributed by atoms with Crippen molar-refractivity contribution in [3.8, 4) is 5.88 Å². The van der Waals surface area contributed by atoms with Crippen LogP contribution < -0.4 is 10.1 Å². The van der Waals surface area contributed by atoms with Crippen LogP contribution >= 0.6 is 11.8 Å². The van der Waals surface area contributed by atoms with Gasteiger partial charge in [-0.05, 0) is 32.0 Å². The second-order valence-corrected chi connectivity index (χ2v) is 7.09. The van der Waals surface area contributed by atoms with E-state index in [0.717, 1.165) is 17.0 Å². The molecular weight excluding hydrogens is 392 g/mol. The molecule has 3 rings (SSSR count). The van der Waals surface area contributed by atoms with E-state index in [0.29, 0.717) is 41.1 Å². The maximum absolute atomic E-state index is 12.8. The van der Waals surface area contributed by atoms with Crippen LogP contribution in [-0.4, -0.2) is 41.4 Å². The van der Waals surface area contributed by atoms with Gasteiger partial charge in [0.2, 0.25) is 5.88 Å². The van der Waals surface area contributed by atoms with Crippen molar-refractivity contribution in [3.05, 3.63) is 59.2 Å². The van der Waals surface area contributed by atoms with E-state index in [1.54, 1.807) is 43.8 Å². The Kier molecular flexibility index (Phi) is 7.20. The number of pyridine rings is 2. The molecule has 1 amide bonds. The largest absolute Gasteiger partial charge is 0.475 e. The fraction of sp³-hybridized carbons (Fsp3) is 0.300. The molecule has 0 fully saturated rings. The molecule has 0 aliphatic rings. The standard InChI is InChI=1S/C20H22N4O4S/c1-13-17(14(2)28-24-13)12-29-20-16(5-4-8-21-20)19(25)23-15-6-7-18(22-11-15)27-10-9-26-3/h4-8,11H,9-10,12H2,1-3H3,(H,23,25). The van der Waals surface area contributed by atoms with Crippen molar-refractivity contribution in [2.45, 2.75) is 24.6 Å². The molecule has 0 saturated heterocycles. The SMILES string of the molecule is COCCOc1ccc(NC(=O)c2cccnc2SCc2c(C)noc2C)cn1. The van der Waals surface area contributed by atoms with Gasteiger partial charge in [-0.1, -0.05) is 5.16 Å². The number of aromatic nitrogens is 3. The molecule has 0 unspecified atom stereocenters. The number of rotatable bonds is 9. The summed E-state index contributed by atoms with van der Waals surface area (Å²) >= 11 is 1.47. The number of hydrogen-bond acceptors (Lipinski definition) is 8. The summed E-state index contributed by atoms with van der Waals surface area (Å²) in [5.74, 6) is 1.61. The van der Waals surface area contributed by atoms with Gasteiger partial charge in [-0.15, -0.1) is 11.8 Å². The van der Waals surface area contributed by atoms with Gasteiger partial charge in [0.1, 0.15) is 17.4 Å². The minimum Gasteiger partial charge on any atom is -0.475 e. The van der Waals surface area contributed by atoms with E-state index >= 15 is 0 Å². The zero-order valence-electron chi connectivity index (χ0n) is 16.5. The fourth-order valence-corrected chi connectivity index (χ4v) is 3.64. The van der Waals surface area contributed by atoms with Gasteiger partial charge in [-0.2, -0.15) is 0 Å². The number of nitrogens with zero attached hydrogens (tertiary/aromatic N) is 3. The predicted octanol–water partition coefficient (Wildman–Crippen LogP) is 3.65. The minimum atomic E-state index is -0.255. The van der Waals surface area contributed by atoms with Crippen molar-refractivity contribution in [3.63, 3.8) is 0 Å². The third-order valence-corrected chi connectivity index (χ3v) is 5.11. The van der Waals surface area contributed by atoms with Crippen LogP contribution in [0.3, 0.4) is 0 Å². The zero-order chi connectivity index (χ0) is 20.6. The molecular formula is C20H22N4O4S. The van der Waals surface area contributed by atoms with Crippen LogP contribution in [0.15, 0.2) is 46.2 Å². The van der Waals surface area contributed by atoms with Gasteiger partial charge in [0, 0.05) is 30.7 Å². The number of methoxy groups -OCH3 is 1. The highest BCUT2D eigenvalue weighted by atomic mass is 32.2. The van der Waals surface area contributed by atoms with Crippen LogP contribution in [0.4, 0.5) is 5.69 Å². The van der Waals surface area contributed by atoms with Gasteiger partial charge in [0.05, 0.1) is 29.7 Å². The molecule has 9 heteroatoms. The Labute approximate surface area is 173 Å². The van der Waals surface area contributed by atoms with Gasteiger partial charge in [0.25, 0.3) is 5.91 Å². The zero-order valence-corrected chi connectivity index (χ0v) is 17.3. The molecule has 0 atom stereocenters. The second kappa shape index (κ2) is 10.0. The van der Waals surface area contributed by atoms with Crippen LogP contribution in [0.25, 0.3) is 0 Å². The van der Waals surface area contributed by atoms with E-state index in [1.807, 2.05) is 13.8 Å².